The first-order valence-corrected chi connectivity index (χ1v) is 11.4. The number of piperidine rings is 1. The second kappa shape index (κ2) is 8.80. The number of carbonyl (C=O) groups is 1. The fourth-order valence-electron chi connectivity index (χ4n) is 4.82. The molecule has 2 saturated heterocycles. The predicted octanol–water partition coefficient (Wildman–Crippen LogP) is 2.03. The summed E-state index contributed by atoms with van der Waals surface area (Å²) in [5.74, 6) is 0.287. The molecule has 4 heterocycles. The number of aryl methyl sites for hydroxylation is 1. The van der Waals surface area contributed by atoms with Gasteiger partial charge in [-0.3, -0.25) is 14.2 Å². The van der Waals surface area contributed by atoms with Crippen LogP contribution in [-0.4, -0.2) is 64.6 Å². The van der Waals surface area contributed by atoms with Gasteiger partial charge in [-0.05, 0) is 37.1 Å². The van der Waals surface area contributed by atoms with Crippen LogP contribution < -0.4 is 15.4 Å². The minimum atomic E-state index is -0.228. The molecule has 5 rings (SSSR count). The van der Waals surface area contributed by atoms with Crippen molar-refractivity contribution in [2.24, 2.45) is 13.0 Å². The summed E-state index contributed by atoms with van der Waals surface area (Å²) >= 11 is 0. The maximum absolute atomic E-state index is 14.1. The summed E-state index contributed by atoms with van der Waals surface area (Å²) in [7, 11) is 1.71. The monoisotopic (exact) mass is 450 g/mol. The normalized spacial score (nSPS) is 17.6. The number of piperazine rings is 1. The first-order valence-electron chi connectivity index (χ1n) is 11.4. The van der Waals surface area contributed by atoms with E-state index in [2.05, 4.69) is 9.97 Å². The Hall–Kier alpha value is -3.49. The number of pyridine rings is 1. The molecule has 0 N–H and O–H groups in total. The molecule has 0 unspecified atom stereocenters. The molecule has 2 aliphatic heterocycles. The third-order valence-electron chi connectivity index (χ3n) is 6.73. The first-order chi connectivity index (χ1) is 16.0. The van der Waals surface area contributed by atoms with Crippen molar-refractivity contribution >= 4 is 28.6 Å². The highest BCUT2D eigenvalue weighted by molar-refractivity contribution is 5.79. The van der Waals surface area contributed by atoms with E-state index >= 15 is 0 Å². The Labute approximate surface area is 191 Å². The van der Waals surface area contributed by atoms with Gasteiger partial charge in [-0.15, -0.1) is 0 Å². The number of carbonyl (C=O) groups excluding carboxylic acids is 1. The average Bonchev–Trinajstić information content (AvgIpc) is 2.86. The van der Waals surface area contributed by atoms with E-state index in [4.69, 9.17) is 0 Å². The molecule has 3 aromatic rings. The lowest BCUT2D eigenvalue weighted by atomic mass is 9.95. The van der Waals surface area contributed by atoms with Crippen molar-refractivity contribution in [2.45, 2.75) is 12.8 Å². The Morgan fingerprint density at radius 3 is 2.42 bits per heavy atom. The van der Waals surface area contributed by atoms with Crippen LogP contribution in [0.5, 0.6) is 0 Å². The zero-order chi connectivity index (χ0) is 22.9. The number of amides is 1. The summed E-state index contributed by atoms with van der Waals surface area (Å²) in [5.41, 5.74) is 1.67. The van der Waals surface area contributed by atoms with Crippen LogP contribution in [-0.2, 0) is 11.8 Å². The molecular formula is C24H27FN6O2. The Morgan fingerprint density at radius 2 is 1.70 bits per heavy atom. The lowest BCUT2D eigenvalue weighted by molar-refractivity contribution is -0.136. The summed E-state index contributed by atoms with van der Waals surface area (Å²) in [6.07, 6.45) is 3.01. The topological polar surface area (TPSA) is 74.6 Å². The van der Waals surface area contributed by atoms with E-state index in [1.54, 1.807) is 31.4 Å². The SMILES string of the molecule is Cn1c(=O)c(N2CCC(C(=O)N3CCN(c4ccccc4F)CC3)CC2)nc2cccnc21. The maximum atomic E-state index is 14.1. The number of hydrogen-bond acceptors (Lipinski definition) is 6. The van der Waals surface area contributed by atoms with Gasteiger partial charge in [-0.25, -0.2) is 14.4 Å². The van der Waals surface area contributed by atoms with Gasteiger partial charge in [0.1, 0.15) is 11.3 Å². The van der Waals surface area contributed by atoms with Crippen LogP contribution in [0.3, 0.4) is 0 Å². The van der Waals surface area contributed by atoms with Crippen LogP contribution in [0.25, 0.3) is 11.2 Å². The summed E-state index contributed by atoms with van der Waals surface area (Å²) in [4.78, 5) is 40.6. The lowest BCUT2D eigenvalue weighted by Gasteiger charge is -2.39. The van der Waals surface area contributed by atoms with Crippen LogP contribution in [0.2, 0.25) is 0 Å². The lowest BCUT2D eigenvalue weighted by Crippen LogP contribution is -2.52. The molecule has 2 aromatic heterocycles. The standard InChI is InChI=1S/C24H27FN6O2/c1-28-21-19(6-4-10-26-21)27-22(24(28)33)30-11-8-17(9-12-30)23(32)31-15-13-29(14-16-31)20-7-3-2-5-18(20)25/h2-7,10,17H,8-9,11-16H2,1H3. The van der Waals surface area contributed by atoms with Gasteiger partial charge in [0.15, 0.2) is 11.5 Å². The molecule has 0 aliphatic carbocycles. The highest BCUT2D eigenvalue weighted by Gasteiger charge is 2.32. The molecule has 0 saturated carbocycles. The van der Waals surface area contributed by atoms with E-state index in [1.165, 1.54) is 10.6 Å². The Balaban J connectivity index is 1.21. The Morgan fingerprint density at radius 1 is 0.970 bits per heavy atom. The van der Waals surface area contributed by atoms with Crippen LogP contribution in [0, 0.1) is 11.7 Å². The van der Waals surface area contributed by atoms with Crippen molar-refractivity contribution in [3.05, 3.63) is 58.8 Å². The number of rotatable bonds is 3. The smallest absolute Gasteiger partial charge is 0.294 e. The first kappa shape index (κ1) is 21.4. The average molecular weight is 451 g/mol. The maximum Gasteiger partial charge on any atom is 0.294 e. The third kappa shape index (κ3) is 4.03. The molecule has 2 aliphatic rings. The van der Waals surface area contributed by atoms with Crippen molar-refractivity contribution in [3.63, 3.8) is 0 Å². The van der Waals surface area contributed by atoms with Gasteiger partial charge >= 0.3 is 0 Å². The molecule has 2 fully saturated rings. The van der Waals surface area contributed by atoms with E-state index in [0.717, 1.165) is 0 Å². The largest absolute Gasteiger partial charge is 0.366 e. The van der Waals surface area contributed by atoms with Crippen molar-refractivity contribution in [3.8, 4) is 0 Å². The number of benzene rings is 1. The van der Waals surface area contributed by atoms with E-state index < -0.39 is 0 Å². The van der Waals surface area contributed by atoms with Gasteiger partial charge in [0.05, 0.1) is 5.69 Å². The van der Waals surface area contributed by atoms with Crippen molar-refractivity contribution in [1.82, 2.24) is 19.4 Å². The van der Waals surface area contributed by atoms with Gasteiger partial charge < -0.3 is 14.7 Å². The van der Waals surface area contributed by atoms with Gasteiger partial charge in [0, 0.05) is 58.4 Å². The minimum Gasteiger partial charge on any atom is -0.366 e. The highest BCUT2D eigenvalue weighted by atomic mass is 19.1. The van der Waals surface area contributed by atoms with Crippen LogP contribution >= 0.6 is 0 Å². The van der Waals surface area contributed by atoms with Crippen molar-refractivity contribution in [2.75, 3.05) is 49.1 Å². The van der Waals surface area contributed by atoms with Crippen molar-refractivity contribution in [1.29, 1.82) is 0 Å². The van der Waals surface area contributed by atoms with E-state index in [0.29, 0.717) is 74.8 Å². The summed E-state index contributed by atoms with van der Waals surface area (Å²) < 4.78 is 15.6. The second-order valence-corrected chi connectivity index (χ2v) is 8.67. The quantitative estimate of drug-likeness (QED) is 0.608. The number of nitrogens with zero attached hydrogens (tertiary/aromatic N) is 6. The van der Waals surface area contributed by atoms with Gasteiger partial charge in [-0.1, -0.05) is 12.1 Å². The summed E-state index contributed by atoms with van der Waals surface area (Å²) in [6, 6.07) is 10.4. The van der Waals surface area contributed by atoms with Gasteiger partial charge in [0.25, 0.3) is 5.56 Å². The van der Waals surface area contributed by atoms with E-state index in [9.17, 15) is 14.0 Å². The molecule has 0 atom stereocenters. The molecule has 8 nitrogen and oxygen atoms in total. The number of para-hydroxylation sites is 1. The van der Waals surface area contributed by atoms with Gasteiger partial charge in [-0.2, -0.15) is 0 Å². The van der Waals surface area contributed by atoms with Crippen LogP contribution in [0.15, 0.2) is 47.4 Å². The molecule has 0 bridgehead atoms. The molecule has 172 valence electrons. The number of anilines is 2. The zero-order valence-corrected chi connectivity index (χ0v) is 18.7. The highest BCUT2D eigenvalue weighted by Crippen LogP contribution is 2.25. The molecule has 0 spiro atoms. The third-order valence-corrected chi connectivity index (χ3v) is 6.73. The van der Waals surface area contributed by atoms with Gasteiger partial charge in [0.2, 0.25) is 5.91 Å². The number of aromatic nitrogens is 3. The molecule has 1 aromatic carbocycles. The number of halogens is 1. The molecule has 33 heavy (non-hydrogen) atoms. The van der Waals surface area contributed by atoms with Crippen molar-refractivity contribution < 1.29 is 9.18 Å². The molecule has 9 heteroatoms. The second-order valence-electron chi connectivity index (χ2n) is 8.67. The molecule has 1 amide bonds. The fraction of sp³-hybridized carbons (Fsp3) is 0.417. The Kier molecular flexibility index (Phi) is 5.70. The van der Waals surface area contributed by atoms with E-state index in [1.807, 2.05) is 26.8 Å². The Bertz CT molecular complexity index is 1230. The predicted molar refractivity (Wildman–Crippen MR) is 125 cm³/mol. The fourth-order valence-corrected chi connectivity index (χ4v) is 4.82. The summed E-state index contributed by atoms with van der Waals surface area (Å²) in [5, 5.41) is 0. The molecular weight excluding hydrogens is 423 g/mol. The summed E-state index contributed by atoms with van der Waals surface area (Å²) in [6.45, 7) is 3.65. The van der Waals surface area contributed by atoms with E-state index in [-0.39, 0.29) is 23.2 Å². The molecule has 0 radical (unpaired) electrons. The minimum absolute atomic E-state index is 0.0627. The van der Waals surface area contributed by atoms with Crippen LogP contribution in [0.4, 0.5) is 15.9 Å². The number of hydrogen-bond donors (Lipinski definition) is 0. The van der Waals surface area contributed by atoms with Crippen LogP contribution in [0.1, 0.15) is 12.8 Å². The zero-order valence-electron chi connectivity index (χ0n) is 18.7. The number of fused-ring (bicyclic) bond motifs is 1.